The van der Waals surface area contributed by atoms with Crippen molar-refractivity contribution in [2.75, 3.05) is 26.2 Å². The Hall–Kier alpha value is -2.18. The predicted molar refractivity (Wildman–Crippen MR) is 102 cm³/mol. The average molecular weight is 372 g/mol. The Balaban J connectivity index is 1.54. The number of carbonyl (C=O) groups excluding carboxylic acids is 2. The lowest BCUT2D eigenvalue weighted by molar-refractivity contribution is 0.0538. The second-order valence-corrected chi connectivity index (χ2v) is 7.57. The molecule has 0 atom stereocenters. The van der Waals surface area contributed by atoms with Gasteiger partial charge in [0.2, 0.25) is 0 Å². The molecule has 3 rings (SSSR count). The molecule has 2 heterocycles. The Morgan fingerprint density at radius 3 is 2.15 bits per heavy atom. The average Bonchev–Trinajstić information content (AvgIpc) is 3.20. The van der Waals surface area contributed by atoms with Crippen molar-refractivity contribution in [1.82, 2.24) is 9.80 Å². The maximum absolute atomic E-state index is 12.7. The van der Waals surface area contributed by atoms with Crippen molar-refractivity contribution in [2.24, 2.45) is 0 Å². The molecular formula is C20H24N2O3S. The lowest BCUT2D eigenvalue weighted by Gasteiger charge is -2.34. The van der Waals surface area contributed by atoms with Gasteiger partial charge in [-0.15, -0.1) is 11.3 Å². The van der Waals surface area contributed by atoms with E-state index in [1.165, 1.54) is 11.3 Å². The van der Waals surface area contributed by atoms with Crippen LogP contribution in [0, 0.1) is 0 Å². The molecule has 2 aromatic rings. The van der Waals surface area contributed by atoms with Crippen molar-refractivity contribution in [3.63, 3.8) is 0 Å². The molecule has 138 valence electrons. The lowest BCUT2D eigenvalue weighted by Crippen LogP contribution is -2.50. The molecule has 0 radical (unpaired) electrons. The molecule has 6 heteroatoms. The summed E-state index contributed by atoms with van der Waals surface area (Å²) < 4.78 is 5.58. The van der Waals surface area contributed by atoms with Gasteiger partial charge in [-0.1, -0.05) is 18.2 Å². The van der Waals surface area contributed by atoms with E-state index >= 15 is 0 Å². The van der Waals surface area contributed by atoms with E-state index in [1.54, 1.807) is 0 Å². The fourth-order valence-corrected chi connectivity index (χ4v) is 3.55. The van der Waals surface area contributed by atoms with Crippen molar-refractivity contribution >= 4 is 23.2 Å². The molecule has 2 amide bonds. The van der Waals surface area contributed by atoms with Gasteiger partial charge in [0.15, 0.2) is 0 Å². The maximum atomic E-state index is 12.7. The Morgan fingerprint density at radius 2 is 1.62 bits per heavy atom. The van der Waals surface area contributed by atoms with Gasteiger partial charge < -0.3 is 14.5 Å². The Labute approximate surface area is 158 Å². The minimum absolute atomic E-state index is 0.0181. The SMILES string of the molecule is CC(C)OCc1ccc(C(=O)N2CCN(C(=O)c3cccs3)CC2)cc1. The van der Waals surface area contributed by atoms with Gasteiger partial charge in [0.1, 0.15) is 0 Å². The summed E-state index contributed by atoms with van der Waals surface area (Å²) in [6.07, 6.45) is 0.185. The van der Waals surface area contributed by atoms with E-state index in [2.05, 4.69) is 0 Å². The number of piperazine rings is 1. The second-order valence-electron chi connectivity index (χ2n) is 6.62. The standard InChI is InChI=1S/C20H24N2O3S/c1-15(2)25-14-16-5-7-17(8-6-16)19(23)21-9-11-22(12-10-21)20(24)18-4-3-13-26-18/h3-8,13,15H,9-12,14H2,1-2H3. The van der Waals surface area contributed by atoms with Crippen LogP contribution in [-0.4, -0.2) is 53.9 Å². The van der Waals surface area contributed by atoms with Crippen molar-refractivity contribution in [2.45, 2.75) is 26.6 Å². The van der Waals surface area contributed by atoms with Crippen LogP contribution in [0.25, 0.3) is 0 Å². The van der Waals surface area contributed by atoms with Crippen LogP contribution in [-0.2, 0) is 11.3 Å². The van der Waals surface area contributed by atoms with E-state index in [-0.39, 0.29) is 17.9 Å². The van der Waals surface area contributed by atoms with Gasteiger partial charge in [0, 0.05) is 31.7 Å². The first-order valence-corrected chi connectivity index (χ1v) is 9.75. The number of nitrogens with zero attached hydrogens (tertiary/aromatic N) is 2. The maximum Gasteiger partial charge on any atom is 0.264 e. The van der Waals surface area contributed by atoms with Crippen molar-refractivity contribution in [1.29, 1.82) is 0 Å². The molecule has 0 N–H and O–H groups in total. The van der Waals surface area contributed by atoms with E-state index in [1.807, 2.05) is 65.4 Å². The number of thiophene rings is 1. The van der Waals surface area contributed by atoms with E-state index in [9.17, 15) is 9.59 Å². The van der Waals surface area contributed by atoms with Crippen molar-refractivity contribution < 1.29 is 14.3 Å². The molecule has 0 aliphatic carbocycles. The highest BCUT2D eigenvalue weighted by molar-refractivity contribution is 7.12. The van der Waals surface area contributed by atoms with Crippen LogP contribution in [0.5, 0.6) is 0 Å². The van der Waals surface area contributed by atoms with Gasteiger partial charge in [-0.3, -0.25) is 9.59 Å². The number of hydrogen-bond acceptors (Lipinski definition) is 4. The van der Waals surface area contributed by atoms with E-state index in [0.29, 0.717) is 38.3 Å². The molecule has 5 nitrogen and oxygen atoms in total. The number of ether oxygens (including phenoxy) is 1. The van der Waals surface area contributed by atoms with Gasteiger partial charge in [-0.25, -0.2) is 0 Å². The van der Waals surface area contributed by atoms with Crippen LogP contribution < -0.4 is 0 Å². The number of amides is 2. The fraction of sp³-hybridized carbons (Fsp3) is 0.400. The third kappa shape index (κ3) is 4.51. The van der Waals surface area contributed by atoms with Crippen LogP contribution >= 0.6 is 11.3 Å². The number of carbonyl (C=O) groups is 2. The Kier molecular flexibility index (Phi) is 6.06. The van der Waals surface area contributed by atoms with Crippen LogP contribution in [0.1, 0.15) is 39.4 Å². The smallest absolute Gasteiger partial charge is 0.264 e. The molecule has 1 aromatic heterocycles. The number of rotatable bonds is 5. The quantitative estimate of drug-likeness (QED) is 0.809. The Morgan fingerprint density at radius 1 is 1.00 bits per heavy atom. The number of hydrogen-bond donors (Lipinski definition) is 0. The normalized spacial score (nSPS) is 14.7. The highest BCUT2D eigenvalue weighted by Gasteiger charge is 2.25. The third-order valence-corrected chi connectivity index (χ3v) is 5.23. The molecular weight excluding hydrogens is 348 g/mol. The molecule has 1 aliphatic heterocycles. The van der Waals surface area contributed by atoms with E-state index in [0.717, 1.165) is 10.4 Å². The summed E-state index contributed by atoms with van der Waals surface area (Å²) in [5.41, 5.74) is 1.73. The molecule has 1 fully saturated rings. The van der Waals surface area contributed by atoms with Gasteiger partial charge in [-0.05, 0) is 43.0 Å². The monoisotopic (exact) mass is 372 g/mol. The zero-order valence-electron chi connectivity index (χ0n) is 15.2. The highest BCUT2D eigenvalue weighted by Crippen LogP contribution is 2.16. The second kappa shape index (κ2) is 8.47. The highest BCUT2D eigenvalue weighted by atomic mass is 32.1. The van der Waals surface area contributed by atoms with Crippen molar-refractivity contribution in [3.05, 3.63) is 57.8 Å². The van der Waals surface area contributed by atoms with Crippen LogP contribution in [0.2, 0.25) is 0 Å². The largest absolute Gasteiger partial charge is 0.374 e. The fourth-order valence-electron chi connectivity index (χ4n) is 2.86. The van der Waals surface area contributed by atoms with Gasteiger partial charge in [0.25, 0.3) is 11.8 Å². The van der Waals surface area contributed by atoms with Gasteiger partial charge >= 0.3 is 0 Å². The molecule has 0 bridgehead atoms. The Bertz CT molecular complexity index is 733. The zero-order chi connectivity index (χ0) is 18.5. The molecule has 1 saturated heterocycles. The summed E-state index contributed by atoms with van der Waals surface area (Å²) in [4.78, 5) is 29.4. The summed E-state index contributed by atoms with van der Waals surface area (Å²) in [6.45, 7) is 6.82. The molecule has 0 spiro atoms. The van der Waals surface area contributed by atoms with E-state index < -0.39 is 0 Å². The summed E-state index contributed by atoms with van der Waals surface area (Å²) >= 11 is 1.45. The summed E-state index contributed by atoms with van der Waals surface area (Å²) in [5, 5.41) is 1.91. The van der Waals surface area contributed by atoms with Crippen molar-refractivity contribution in [3.8, 4) is 0 Å². The van der Waals surface area contributed by atoms with Gasteiger partial charge in [-0.2, -0.15) is 0 Å². The molecule has 26 heavy (non-hydrogen) atoms. The summed E-state index contributed by atoms with van der Waals surface area (Å²) in [7, 11) is 0. The molecule has 1 aromatic carbocycles. The molecule has 0 unspecified atom stereocenters. The lowest BCUT2D eigenvalue weighted by atomic mass is 10.1. The van der Waals surface area contributed by atoms with Crippen LogP contribution in [0.4, 0.5) is 0 Å². The minimum Gasteiger partial charge on any atom is -0.374 e. The zero-order valence-corrected chi connectivity index (χ0v) is 16.0. The van der Waals surface area contributed by atoms with E-state index in [4.69, 9.17) is 4.74 Å². The molecule has 1 aliphatic rings. The minimum atomic E-state index is 0.0181. The predicted octanol–water partition coefficient (Wildman–Crippen LogP) is 3.27. The molecule has 0 saturated carbocycles. The van der Waals surface area contributed by atoms with Crippen LogP contribution in [0.15, 0.2) is 41.8 Å². The summed E-state index contributed by atoms with van der Waals surface area (Å²) in [5.74, 6) is 0.0751. The first kappa shape index (κ1) is 18.6. The topological polar surface area (TPSA) is 49.9 Å². The number of benzene rings is 1. The first-order chi connectivity index (χ1) is 12.5. The first-order valence-electron chi connectivity index (χ1n) is 8.87. The van der Waals surface area contributed by atoms with Crippen LogP contribution in [0.3, 0.4) is 0 Å². The van der Waals surface area contributed by atoms with Gasteiger partial charge in [0.05, 0.1) is 17.6 Å². The summed E-state index contributed by atoms with van der Waals surface area (Å²) in [6, 6.07) is 11.3. The third-order valence-electron chi connectivity index (χ3n) is 4.37.